The summed E-state index contributed by atoms with van der Waals surface area (Å²) in [5.41, 5.74) is 0.938. The molecule has 0 saturated carbocycles. The summed E-state index contributed by atoms with van der Waals surface area (Å²) in [6.45, 7) is 0.253. The Kier molecular flexibility index (Phi) is 1.66. The van der Waals surface area contributed by atoms with Crippen LogP contribution in [0.5, 0.6) is 0 Å². The van der Waals surface area contributed by atoms with Crippen molar-refractivity contribution >= 4 is 0 Å². The van der Waals surface area contributed by atoms with E-state index in [1.165, 1.54) is 0 Å². The molecule has 0 bridgehead atoms. The Bertz CT molecular complexity index is 136. The number of hydrogen-bond donors (Lipinski definition) is 2. The third-order valence-electron chi connectivity index (χ3n) is 0.894. The molecule has 0 atom stereocenters. The van der Waals surface area contributed by atoms with Gasteiger partial charge in [-0.1, -0.05) is 0 Å². The highest BCUT2D eigenvalue weighted by Gasteiger charge is 1.87. The molecule has 2 N–H and O–H groups in total. The van der Waals surface area contributed by atoms with E-state index in [0.29, 0.717) is 0 Å². The van der Waals surface area contributed by atoms with Crippen LogP contribution in [0.25, 0.3) is 0 Å². The van der Waals surface area contributed by atoms with Gasteiger partial charge < -0.3 is 4.98 Å². The van der Waals surface area contributed by atoms with Crippen molar-refractivity contribution in [3.05, 3.63) is 24.0 Å². The molecule has 0 unspecified atom stereocenters. The Morgan fingerprint density at radius 2 is 2.62 bits per heavy atom. The van der Waals surface area contributed by atoms with E-state index in [1.807, 2.05) is 6.07 Å². The Labute approximate surface area is 46.8 Å². The molecule has 8 heavy (non-hydrogen) atoms. The van der Waals surface area contributed by atoms with E-state index in [0.717, 1.165) is 5.56 Å². The maximum atomic E-state index is 7.92. The predicted octanol–water partition coefficient (Wildman–Crippen LogP) is 1.00. The fraction of sp³-hybridized carbons (Fsp3) is 0.200. The van der Waals surface area contributed by atoms with Gasteiger partial charge in [0.25, 0.3) is 0 Å². The lowest BCUT2D eigenvalue weighted by atomic mass is 10.4. The Balaban J connectivity index is 2.50. The molecule has 0 fully saturated rings. The summed E-state index contributed by atoms with van der Waals surface area (Å²) in [5, 5.41) is 7.92. The molecule has 0 amide bonds. The predicted molar refractivity (Wildman–Crippen MR) is 28.2 cm³/mol. The van der Waals surface area contributed by atoms with Crippen molar-refractivity contribution in [2.75, 3.05) is 0 Å². The van der Waals surface area contributed by atoms with Crippen LogP contribution in [0, 0.1) is 0 Å². The maximum Gasteiger partial charge on any atom is 0.108 e. The first-order chi connectivity index (χ1) is 3.93. The number of hydrogen-bond acceptors (Lipinski definition) is 2. The van der Waals surface area contributed by atoms with Gasteiger partial charge in [0.2, 0.25) is 0 Å². The fourth-order valence-electron chi connectivity index (χ4n) is 0.523. The van der Waals surface area contributed by atoms with Gasteiger partial charge in [-0.2, -0.15) is 0 Å². The molecule has 1 heterocycles. The molecule has 0 aliphatic rings. The van der Waals surface area contributed by atoms with E-state index < -0.39 is 0 Å². The average molecular weight is 113 g/mol. The van der Waals surface area contributed by atoms with Crippen LogP contribution >= 0.6 is 0 Å². The fourth-order valence-corrected chi connectivity index (χ4v) is 0.523. The number of aromatic nitrogens is 1. The lowest BCUT2D eigenvalue weighted by molar-refractivity contribution is -0.252. The molecule has 3 nitrogen and oxygen atoms in total. The summed E-state index contributed by atoms with van der Waals surface area (Å²) < 4.78 is 0. The highest BCUT2D eigenvalue weighted by Crippen LogP contribution is 1.95. The smallest absolute Gasteiger partial charge is 0.108 e. The van der Waals surface area contributed by atoms with Gasteiger partial charge in [0, 0.05) is 12.4 Å². The van der Waals surface area contributed by atoms with E-state index in [2.05, 4.69) is 9.87 Å². The Hall–Kier alpha value is -0.800. The van der Waals surface area contributed by atoms with Crippen LogP contribution < -0.4 is 0 Å². The largest absolute Gasteiger partial charge is 0.367 e. The minimum absolute atomic E-state index is 0.253. The molecule has 1 aromatic heterocycles. The van der Waals surface area contributed by atoms with Crippen molar-refractivity contribution in [1.82, 2.24) is 4.98 Å². The summed E-state index contributed by atoms with van der Waals surface area (Å²) in [5.74, 6) is 0. The zero-order valence-electron chi connectivity index (χ0n) is 4.29. The maximum absolute atomic E-state index is 7.92. The molecule has 0 aliphatic heterocycles. The second kappa shape index (κ2) is 2.49. The van der Waals surface area contributed by atoms with E-state index in [1.54, 1.807) is 12.4 Å². The van der Waals surface area contributed by atoms with Crippen LogP contribution in [-0.4, -0.2) is 10.2 Å². The highest BCUT2D eigenvalue weighted by molar-refractivity contribution is 5.05. The van der Waals surface area contributed by atoms with E-state index in [-0.39, 0.29) is 6.61 Å². The number of aromatic amines is 1. The van der Waals surface area contributed by atoms with Gasteiger partial charge in [-0.05, 0) is 11.6 Å². The monoisotopic (exact) mass is 113 g/mol. The van der Waals surface area contributed by atoms with Gasteiger partial charge in [-0.15, -0.1) is 0 Å². The summed E-state index contributed by atoms with van der Waals surface area (Å²) in [6.07, 6.45) is 3.53. The second-order valence-electron chi connectivity index (χ2n) is 1.49. The van der Waals surface area contributed by atoms with Crippen molar-refractivity contribution in [3.8, 4) is 0 Å². The molecule has 0 spiro atoms. The van der Waals surface area contributed by atoms with Crippen molar-refractivity contribution in [2.24, 2.45) is 0 Å². The van der Waals surface area contributed by atoms with Crippen LogP contribution in [0.1, 0.15) is 5.56 Å². The van der Waals surface area contributed by atoms with Crippen molar-refractivity contribution in [1.29, 1.82) is 0 Å². The zero-order chi connectivity index (χ0) is 5.82. The first-order valence-corrected chi connectivity index (χ1v) is 2.31. The Morgan fingerprint density at radius 1 is 1.75 bits per heavy atom. The summed E-state index contributed by atoms with van der Waals surface area (Å²) in [6, 6.07) is 1.83. The van der Waals surface area contributed by atoms with Crippen LogP contribution in [-0.2, 0) is 11.5 Å². The minimum Gasteiger partial charge on any atom is -0.367 e. The lowest BCUT2D eigenvalue weighted by Gasteiger charge is -1.86. The highest BCUT2D eigenvalue weighted by atomic mass is 17.1. The molecule has 0 saturated heterocycles. The third-order valence-corrected chi connectivity index (χ3v) is 0.894. The topological polar surface area (TPSA) is 45.2 Å². The summed E-state index contributed by atoms with van der Waals surface area (Å²) in [7, 11) is 0. The number of H-pyrrole nitrogens is 1. The normalized spacial score (nSPS) is 9.62. The second-order valence-corrected chi connectivity index (χ2v) is 1.49. The number of nitrogens with one attached hydrogen (secondary N) is 1. The molecule has 1 aromatic rings. The van der Waals surface area contributed by atoms with Gasteiger partial charge in [-0.3, -0.25) is 5.26 Å². The van der Waals surface area contributed by atoms with Crippen molar-refractivity contribution < 1.29 is 10.1 Å². The molecule has 0 aromatic carbocycles. The minimum atomic E-state index is 0.253. The first-order valence-electron chi connectivity index (χ1n) is 2.31. The van der Waals surface area contributed by atoms with Gasteiger partial charge in [-0.25, -0.2) is 4.89 Å². The standard InChI is InChI=1S/C5H7NO2/c7-8-4-5-1-2-6-3-5/h1-3,6-7H,4H2. The van der Waals surface area contributed by atoms with Gasteiger partial charge >= 0.3 is 0 Å². The average Bonchev–Trinajstić information content (AvgIpc) is 2.19. The molecule has 44 valence electrons. The summed E-state index contributed by atoms with van der Waals surface area (Å²) in [4.78, 5) is 6.69. The molecule has 1 rings (SSSR count). The van der Waals surface area contributed by atoms with Gasteiger partial charge in [0.15, 0.2) is 0 Å². The molecule has 3 heteroatoms. The quantitative estimate of drug-likeness (QED) is 0.444. The number of rotatable bonds is 2. The van der Waals surface area contributed by atoms with Crippen LogP contribution in [0.3, 0.4) is 0 Å². The van der Waals surface area contributed by atoms with Gasteiger partial charge in [0.05, 0.1) is 0 Å². The Morgan fingerprint density at radius 3 is 3.12 bits per heavy atom. The van der Waals surface area contributed by atoms with Crippen molar-refractivity contribution in [2.45, 2.75) is 6.61 Å². The van der Waals surface area contributed by atoms with Crippen LogP contribution in [0.4, 0.5) is 0 Å². The molecular formula is C5H7NO2. The lowest BCUT2D eigenvalue weighted by Crippen LogP contribution is -1.82. The third kappa shape index (κ3) is 1.08. The van der Waals surface area contributed by atoms with Gasteiger partial charge in [0.1, 0.15) is 6.61 Å². The molecular weight excluding hydrogens is 106 g/mol. The molecule has 0 aliphatic carbocycles. The summed E-state index contributed by atoms with van der Waals surface area (Å²) >= 11 is 0. The van der Waals surface area contributed by atoms with Crippen molar-refractivity contribution in [3.63, 3.8) is 0 Å². The first kappa shape index (κ1) is 5.34. The molecule has 0 radical (unpaired) electrons. The SMILES string of the molecule is OOCc1cc[nH]c1. The van der Waals surface area contributed by atoms with Crippen LogP contribution in [0.15, 0.2) is 18.5 Å². The zero-order valence-corrected chi connectivity index (χ0v) is 4.29. The van der Waals surface area contributed by atoms with Crippen LogP contribution in [0.2, 0.25) is 0 Å². The van der Waals surface area contributed by atoms with E-state index in [9.17, 15) is 0 Å². The van der Waals surface area contributed by atoms with E-state index in [4.69, 9.17) is 5.26 Å². The van der Waals surface area contributed by atoms with E-state index >= 15 is 0 Å².